The molecule has 5 nitrogen and oxygen atoms in total. The molecule has 1 fully saturated rings. The largest absolute Gasteiger partial charge is 0.386 e. The summed E-state index contributed by atoms with van der Waals surface area (Å²) in [6.45, 7) is -0.948. The molecule has 0 radical (unpaired) electrons. The van der Waals surface area contributed by atoms with E-state index in [0.717, 1.165) is 15.6 Å². The number of aliphatic hydroxyl groups is 1. The zero-order chi connectivity index (χ0) is 18.0. The first kappa shape index (κ1) is 18.5. The monoisotopic (exact) mass is 403 g/mol. The number of rotatable bonds is 7. The van der Waals surface area contributed by atoms with Gasteiger partial charge >= 0.3 is 0 Å². The molecule has 0 spiro atoms. The predicted molar refractivity (Wildman–Crippen MR) is 95.7 cm³/mol. The molecule has 0 bridgehead atoms. The Bertz CT molecular complexity index is 737. The Morgan fingerprint density at radius 1 is 1.32 bits per heavy atom. The minimum atomic E-state index is -1.32. The molecule has 1 aliphatic carbocycles. The molecule has 1 amide bonds. The van der Waals surface area contributed by atoms with Crippen LogP contribution in [0, 0.1) is 0 Å². The van der Waals surface area contributed by atoms with Gasteiger partial charge in [-0.3, -0.25) is 4.79 Å². The molecule has 1 aromatic heterocycles. The predicted octanol–water partition coefficient (Wildman–Crippen LogP) is 3.37. The molecule has 9 heteroatoms. The number of hydrogen-bond acceptors (Lipinski definition) is 5. The molecule has 3 rings (SSSR count). The molecule has 0 aliphatic heterocycles. The Kier molecular flexibility index (Phi) is 5.89. The Morgan fingerprint density at radius 2 is 2.00 bits per heavy atom. The zero-order valence-electron chi connectivity index (χ0n) is 13.0. The maximum Gasteiger partial charge on any atom is 0.253 e. The number of carbonyl (C=O) groups excluding carboxylic acids is 1. The van der Waals surface area contributed by atoms with Gasteiger partial charge in [0.15, 0.2) is 4.84 Å². The average molecular weight is 404 g/mol. The molecule has 0 saturated heterocycles. The van der Waals surface area contributed by atoms with Crippen molar-refractivity contribution in [2.24, 2.45) is 0 Å². The van der Waals surface area contributed by atoms with Crippen LogP contribution >= 0.6 is 34.5 Å². The van der Waals surface area contributed by atoms with E-state index in [9.17, 15) is 14.3 Å². The summed E-state index contributed by atoms with van der Waals surface area (Å²) >= 11 is 12.4. The smallest absolute Gasteiger partial charge is 0.253 e. The third-order valence-corrected chi connectivity index (χ3v) is 5.47. The summed E-state index contributed by atoms with van der Waals surface area (Å²) in [7, 11) is 0. The van der Waals surface area contributed by atoms with Crippen molar-refractivity contribution < 1.29 is 14.3 Å². The van der Waals surface area contributed by atoms with Gasteiger partial charge in [0, 0.05) is 11.5 Å². The fraction of sp³-hybridized carbons (Fsp3) is 0.438. The third-order valence-electron chi connectivity index (χ3n) is 3.94. The average Bonchev–Trinajstić information content (AvgIpc) is 3.36. The molecule has 1 saturated carbocycles. The highest BCUT2D eigenvalue weighted by atomic mass is 35.5. The van der Waals surface area contributed by atoms with Gasteiger partial charge in [-0.25, -0.2) is 4.39 Å². The first-order chi connectivity index (χ1) is 12.0. The second-order valence-corrected chi connectivity index (χ2v) is 7.96. The number of amides is 1. The maximum absolute atomic E-state index is 13.2. The van der Waals surface area contributed by atoms with Gasteiger partial charge in [-0.1, -0.05) is 58.8 Å². The SMILES string of the molecule is O=C(N[C@H](CF)[C@H](O)c1ccc(-c2nnc(C3CC3)s2)cc1)C(Cl)Cl. The summed E-state index contributed by atoms with van der Waals surface area (Å²) in [6, 6.07) is 5.80. The van der Waals surface area contributed by atoms with Crippen molar-refractivity contribution in [2.45, 2.75) is 35.7 Å². The van der Waals surface area contributed by atoms with Crippen LogP contribution in [0.25, 0.3) is 10.6 Å². The second kappa shape index (κ2) is 7.95. The van der Waals surface area contributed by atoms with Crippen LogP contribution in [0.3, 0.4) is 0 Å². The lowest BCUT2D eigenvalue weighted by Gasteiger charge is -2.22. The van der Waals surface area contributed by atoms with E-state index < -0.39 is 29.6 Å². The summed E-state index contributed by atoms with van der Waals surface area (Å²) in [4.78, 5) is 10.2. The van der Waals surface area contributed by atoms with E-state index in [1.165, 1.54) is 12.8 Å². The van der Waals surface area contributed by atoms with E-state index in [-0.39, 0.29) is 0 Å². The molecule has 1 aliphatic rings. The highest BCUT2D eigenvalue weighted by molar-refractivity contribution is 7.14. The van der Waals surface area contributed by atoms with Gasteiger partial charge in [0.05, 0.1) is 6.04 Å². The normalized spacial score (nSPS) is 16.7. The molecule has 1 aromatic carbocycles. The number of nitrogens with zero attached hydrogens (tertiary/aromatic N) is 2. The van der Waals surface area contributed by atoms with Crippen LogP contribution in [0.2, 0.25) is 0 Å². The number of nitrogens with one attached hydrogen (secondary N) is 1. The summed E-state index contributed by atoms with van der Waals surface area (Å²) in [5.74, 6) is -0.197. The topological polar surface area (TPSA) is 75.1 Å². The van der Waals surface area contributed by atoms with E-state index in [4.69, 9.17) is 23.2 Å². The molecule has 2 aromatic rings. The highest BCUT2D eigenvalue weighted by Crippen LogP contribution is 2.42. The van der Waals surface area contributed by atoms with E-state index in [1.807, 2.05) is 0 Å². The minimum absolute atomic E-state index is 0.472. The van der Waals surface area contributed by atoms with Crippen LogP contribution in [-0.4, -0.2) is 38.8 Å². The molecule has 1 heterocycles. The van der Waals surface area contributed by atoms with Crippen LogP contribution in [-0.2, 0) is 4.79 Å². The summed E-state index contributed by atoms with van der Waals surface area (Å²) in [5.41, 5.74) is 1.35. The first-order valence-electron chi connectivity index (χ1n) is 7.76. The number of carbonyl (C=O) groups is 1. The van der Waals surface area contributed by atoms with Crippen LogP contribution in [0.5, 0.6) is 0 Å². The van der Waals surface area contributed by atoms with Crippen molar-refractivity contribution in [3.63, 3.8) is 0 Å². The molecule has 134 valence electrons. The lowest BCUT2D eigenvalue weighted by molar-refractivity contribution is -0.121. The number of alkyl halides is 3. The van der Waals surface area contributed by atoms with Crippen LogP contribution in [0.4, 0.5) is 4.39 Å². The standard InChI is InChI=1S/C16H16Cl2FN3O2S/c17-13(18)14(24)20-11(7-19)12(23)8-1-3-9(4-2-8)15-21-22-16(25-15)10-5-6-10/h1-4,10-13,23H,5-7H2,(H,20,24)/t11-,12-/m1/s1. The Labute approximate surface area is 158 Å². The Balaban J connectivity index is 1.70. The van der Waals surface area contributed by atoms with Gasteiger partial charge in [0.1, 0.15) is 22.8 Å². The van der Waals surface area contributed by atoms with Gasteiger partial charge in [-0.2, -0.15) is 0 Å². The fourth-order valence-corrected chi connectivity index (χ4v) is 3.49. The van der Waals surface area contributed by atoms with Gasteiger partial charge in [-0.15, -0.1) is 10.2 Å². The van der Waals surface area contributed by atoms with Gasteiger partial charge in [0.2, 0.25) is 0 Å². The third kappa shape index (κ3) is 4.47. The Morgan fingerprint density at radius 3 is 2.56 bits per heavy atom. The lowest BCUT2D eigenvalue weighted by Crippen LogP contribution is -2.43. The number of benzene rings is 1. The molecule has 2 atom stereocenters. The lowest BCUT2D eigenvalue weighted by atomic mass is 10.0. The highest BCUT2D eigenvalue weighted by Gasteiger charge is 2.28. The van der Waals surface area contributed by atoms with E-state index in [1.54, 1.807) is 35.6 Å². The molecular formula is C16H16Cl2FN3O2S. The fourth-order valence-electron chi connectivity index (χ4n) is 2.35. The van der Waals surface area contributed by atoms with Crippen molar-refractivity contribution in [1.82, 2.24) is 15.5 Å². The maximum atomic E-state index is 13.2. The number of aromatic nitrogens is 2. The molecule has 0 unspecified atom stereocenters. The number of hydrogen-bond donors (Lipinski definition) is 2. The van der Waals surface area contributed by atoms with Crippen molar-refractivity contribution in [3.05, 3.63) is 34.8 Å². The summed E-state index contributed by atoms with van der Waals surface area (Å²) in [6.07, 6.45) is 1.12. The van der Waals surface area contributed by atoms with Crippen molar-refractivity contribution in [1.29, 1.82) is 0 Å². The Hall–Kier alpha value is -1.28. The van der Waals surface area contributed by atoms with Crippen molar-refractivity contribution in [3.8, 4) is 10.6 Å². The zero-order valence-corrected chi connectivity index (χ0v) is 15.4. The van der Waals surface area contributed by atoms with Crippen LogP contribution < -0.4 is 5.32 Å². The molecule has 2 N–H and O–H groups in total. The van der Waals surface area contributed by atoms with Gasteiger partial charge < -0.3 is 10.4 Å². The first-order valence-corrected chi connectivity index (χ1v) is 9.44. The van der Waals surface area contributed by atoms with Gasteiger partial charge in [0.25, 0.3) is 5.91 Å². The van der Waals surface area contributed by atoms with Crippen molar-refractivity contribution in [2.75, 3.05) is 6.67 Å². The van der Waals surface area contributed by atoms with Crippen LogP contribution in [0.15, 0.2) is 24.3 Å². The van der Waals surface area contributed by atoms with E-state index >= 15 is 0 Å². The number of aliphatic hydroxyl groups excluding tert-OH is 1. The quantitative estimate of drug-likeness (QED) is 0.694. The minimum Gasteiger partial charge on any atom is -0.386 e. The van der Waals surface area contributed by atoms with E-state index in [0.29, 0.717) is 11.5 Å². The van der Waals surface area contributed by atoms with Crippen molar-refractivity contribution >= 4 is 40.4 Å². The molecule has 25 heavy (non-hydrogen) atoms. The summed E-state index contributed by atoms with van der Waals surface area (Å²) in [5, 5.41) is 22.8. The van der Waals surface area contributed by atoms with Gasteiger partial charge in [-0.05, 0) is 18.4 Å². The van der Waals surface area contributed by atoms with Crippen LogP contribution in [0.1, 0.15) is 35.4 Å². The second-order valence-electron chi connectivity index (χ2n) is 5.86. The number of halogens is 3. The summed E-state index contributed by atoms with van der Waals surface area (Å²) < 4.78 is 13.2. The van der Waals surface area contributed by atoms with E-state index in [2.05, 4.69) is 15.5 Å². The molecular weight excluding hydrogens is 388 g/mol.